The first-order valence-electron chi connectivity index (χ1n) is 7.83. The summed E-state index contributed by atoms with van der Waals surface area (Å²) in [6.07, 6.45) is 0. The number of hydrogen-bond donors (Lipinski definition) is 2. The average molecular weight is 334 g/mol. The lowest BCUT2D eigenvalue weighted by Gasteiger charge is -2.33. The number of β-amino-alcohol motifs (C(OH)–C–C–N with tert-alkyl or cyclic N) is 1. The van der Waals surface area contributed by atoms with Crippen molar-refractivity contribution in [1.29, 1.82) is 0 Å². The van der Waals surface area contributed by atoms with E-state index in [4.69, 9.17) is 4.74 Å². The van der Waals surface area contributed by atoms with E-state index in [1.54, 1.807) is 6.92 Å². The number of carbonyl (C=O) groups is 1. The van der Waals surface area contributed by atoms with Gasteiger partial charge in [-0.3, -0.25) is 9.69 Å². The lowest BCUT2D eigenvalue weighted by Crippen LogP contribution is -2.51. The first-order chi connectivity index (χ1) is 11.0. The molecule has 23 heavy (non-hydrogen) atoms. The molecule has 2 heterocycles. The number of aliphatic hydroxyl groups is 1. The van der Waals surface area contributed by atoms with E-state index < -0.39 is 5.60 Å². The molecule has 1 aliphatic heterocycles. The highest BCUT2D eigenvalue weighted by Gasteiger charge is 2.26. The number of hydrogen-bond acceptors (Lipinski definition) is 5. The van der Waals surface area contributed by atoms with E-state index in [9.17, 15) is 9.90 Å². The summed E-state index contributed by atoms with van der Waals surface area (Å²) < 4.78 is 6.40. The van der Waals surface area contributed by atoms with Crippen LogP contribution in [0.25, 0.3) is 10.1 Å². The molecule has 124 valence electrons. The molecule has 1 fully saturated rings. The molecule has 0 saturated carbocycles. The molecule has 2 N–H and O–H groups in total. The minimum absolute atomic E-state index is 0.131. The third kappa shape index (κ3) is 4.29. The summed E-state index contributed by atoms with van der Waals surface area (Å²) in [4.78, 5) is 15.1. The van der Waals surface area contributed by atoms with Crippen molar-refractivity contribution in [2.45, 2.75) is 12.5 Å². The fraction of sp³-hybridized carbons (Fsp3) is 0.471. The first kappa shape index (κ1) is 16.4. The summed E-state index contributed by atoms with van der Waals surface area (Å²) in [6.45, 7) is 5.56. The lowest BCUT2D eigenvalue weighted by atomic mass is 10.1. The van der Waals surface area contributed by atoms with Gasteiger partial charge in [0.1, 0.15) is 0 Å². The number of rotatable bonds is 5. The maximum Gasteiger partial charge on any atom is 0.261 e. The summed E-state index contributed by atoms with van der Waals surface area (Å²) in [5, 5.41) is 14.4. The minimum atomic E-state index is -0.955. The van der Waals surface area contributed by atoms with Gasteiger partial charge in [-0.2, -0.15) is 0 Å². The van der Waals surface area contributed by atoms with Gasteiger partial charge in [-0.25, -0.2) is 0 Å². The molecule has 1 amide bonds. The van der Waals surface area contributed by atoms with Gasteiger partial charge in [-0.05, 0) is 24.4 Å². The van der Waals surface area contributed by atoms with Gasteiger partial charge in [-0.1, -0.05) is 18.2 Å². The normalized spacial score (nSPS) is 18.7. The molecule has 0 spiro atoms. The summed E-state index contributed by atoms with van der Waals surface area (Å²) in [5.41, 5.74) is -0.955. The van der Waals surface area contributed by atoms with Gasteiger partial charge in [0.05, 0.1) is 23.7 Å². The van der Waals surface area contributed by atoms with Crippen molar-refractivity contribution in [2.75, 3.05) is 39.4 Å². The molecule has 0 radical (unpaired) electrons. The molecule has 6 heteroatoms. The van der Waals surface area contributed by atoms with Gasteiger partial charge in [0.2, 0.25) is 0 Å². The fourth-order valence-electron chi connectivity index (χ4n) is 2.75. The molecule has 1 aromatic carbocycles. The van der Waals surface area contributed by atoms with E-state index in [-0.39, 0.29) is 12.5 Å². The van der Waals surface area contributed by atoms with Gasteiger partial charge < -0.3 is 15.2 Å². The molecule has 1 aliphatic rings. The SMILES string of the molecule is CC(O)(CNC(=O)c1cc2ccccc2s1)CN1CCOCC1. The van der Waals surface area contributed by atoms with E-state index in [1.807, 2.05) is 30.3 Å². The predicted molar refractivity (Wildman–Crippen MR) is 92.0 cm³/mol. The third-order valence-electron chi connectivity index (χ3n) is 3.95. The molecule has 1 aromatic heterocycles. The Labute approximate surface area is 139 Å². The van der Waals surface area contributed by atoms with Crippen molar-refractivity contribution in [3.8, 4) is 0 Å². The average Bonchev–Trinajstić information content (AvgIpc) is 2.97. The van der Waals surface area contributed by atoms with Crippen LogP contribution in [0, 0.1) is 0 Å². The predicted octanol–water partition coefficient (Wildman–Crippen LogP) is 1.71. The number of amides is 1. The summed E-state index contributed by atoms with van der Waals surface area (Å²) in [5.74, 6) is -0.131. The van der Waals surface area contributed by atoms with E-state index in [0.717, 1.165) is 23.2 Å². The molecule has 2 aromatic rings. The molecule has 0 bridgehead atoms. The van der Waals surface area contributed by atoms with E-state index in [0.29, 0.717) is 24.6 Å². The van der Waals surface area contributed by atoms with Crippen LogP contribution < -0.4 is 5.32 Å². The van der Waals surface area contributed by atoms with Crippen molar-refractivity contribution < 1.29 is 14.6 Å². The zero-order valence-corrected chi connectivity index (χ0v) is 14.1. The number of carbonyl (C=O) groups excluding carboxylic acids is 1. The number of nitrogens with zero attached hydrogens (tertiary/aromatic N) is 1. The maximum atomic E-state index is 12.3. The van der Waals surface area contributed by atoms with Crippen LogP contribution in [0.3, 0.4) is 0 Å². The molecule has 3 rings (SSSR count). The van der Waals surface area contributed by atoms with Gasteiger partial charge in [0, 0.05) is 30.9 Å². The molecular formula is C17H22N2O3S. The Hall–Kier alpha value is -1.47. The van der Waals surface area contributed by atoms with Crippen LogP contribution in [0.15, 0.2) is 30.3 Å². The first-order valence-corrected chi connectivity index (χ1v) is 8.64. The van der Waals surface area contributed by atoms with Crippen molar-refractivity contribution >= 4 is 27.3 Å². The van der Waals surface area contributed by atoms with Crippen LogP contribution in [0.1, 0.15) is 16.6 Å². The largest absolute Gasteiger partial charge is 0.387 e. The second-order valence-electron chi connectivity index (χ2n) is 6.22. The van der Waals surface area contributed by atoms with Crippen molar-refractivity contribution in [2.24, 2.45) is 0 Å². The lowest BCUT2D eigenvalue weighted by molar-refractivity contribution is -0.0213. The highest BCUT2D eigenvalue weighted by molar-refractivity contribution is 7.20. The number of morpholine rings is 1. The summed E-state index contributed by atoms with van der Waals surface area (Å²) in [7, 11) is 0. The second-order valence-corrected chi connectivity index (χ2v) is 7.30. The van der Waals surface area contributed by atoms with Gasteiger partial charge >= 0.3 is 0 Å². The Morgan fingerprint density at radius 1 is 1.39 bits per heavy atom. The third-order valence-corrected chi connectivity index (χ3v) is 5.06. The molecule has 1 saturated heterocycles. The van der Waals surface area contributed by atoms with Crippen molar-refractivity contribution in [1.82, 2.24) is 10.2 Å². The van der Waals surface area contributed by atoms with Gasteiger partial charge in [0.25, 0.3) is 5.91 Å². The van der Waals surface area contributed by atoms with Crippen LogP contribution in [-0.4, -0.2) is 60.9 Å². The van der Waals surface area contributed by atoms with Crippen LogP contribution in [0.5, 0.6) is 0 Å². The highest BCUT2D eigenvalue weighted by atomic mass is 32.1. The second kappa shape index (κ2) is 6.97. The van der Waals surface area contributed by atoms with Crippen LogP contribution in [0.2, 0.25) is 0 Å². The van der Waals surface area contributed by atoms with Gasteiger partial charge in [-0.15, -0.1) is 11.3 Å². The Kier molecular flexibility index (Phi) is 4.96. The fourth-order valence-corrected chi connectivity index (χ4v) is 3.73. The quantitative estimate of drug-likeness (QED) is 0.874. The summed E-state index contributed by atoms with van der Waals surface area (Å²) >= 11 is 1.47. The molecule has 5 nitrogen and oxygen atoms in total. The number of benzene rings is 1. The molecule has 1 atom stereocenters. The molecule has 1 unspecified atom stereocenters. The minimum Gasteiger partial charge on any atom is -0.387 e. The van der Waals surface area contributed by atoms with Crippen LogP contribution in [0.4, 0.5) is 0 Å². The Morgan fingerprint density at radius 3 is 2.87 bits per heavy atom. The van der Waals surface area contributed by atoms with Crippen LogP contribution >= 0.6 is 11.3 Å². The van der Waals surface area contributed by atoms with Crippen molar-refractivity contribution in [3.63, 3.8) is 0 Å². The zero-order chi connectivity index (χ0) is 16.3. The number of fused-ring (bicyclic) bond motifs is 1. The Morgan fingerprint density at radius 2 is 2.13 bits per heavy atom. The molecular weight excluding hydrogens is 312 g/mol. The highest BCUT2D eigenvalue weighted by Crippen LogP contribution is 2.25. The Bertz CT molecular complexity index is 644. The number of ether oxygens (including phenoxy) is 1. The smallest absolute Gasteiger partial charge is 0.261 e. The number of thiophene rings is 1. The number of nitrogens with one attached hydrogen (secondary N) is 1. The molecule has 0 aliphatic carbocycles. The standard InChI is InChI=1S/C17H22N2O3S/c1-17(21,12-19-6-8-22-9-7-19)11-18-16(20)15-10-13-4-2-3-5-14(13)23-15/h2-5,10,21H,6-9,11-12H2,1H3,(H,18,20). The zero-order valence-electron chi connectivity index (χ0n) is 13.2. The van der Waals surface area contributed by atoms with E-state index in [2.05, 4.69) is 10.2 Å². The van der Waals surface area contributed by atoms with Crippen molar-refractivity contribution in [3.05, 3.63) is 35.2 Å². The maximum absolute atomic E-state index is 12.3. The topological polar surface area (TPSA) is 61.8 Å². The Balaban J connectivity index is 1.56. The van der Waals surface area contributed by atoms with E-state index in [1.165, 1.54) is 11.3 Å². The summed E-state index contributed by atoms with van der Waals surface area (Å²) in [6, 6.07) is 9.83. The van der Waals surface area contributed by atoms with Gasteiger partial charge in [0.15, 0.2) is 0 Å². The monoisotopic (exact) mass is 334 g/mol. The van der Waals surface area contributed by atoms with Crippen LogP contribution in [-0.2, 0) is 4.74 Å². The van der Waals surface area contributed by atoms with E-state index >= 15 is 0 Å².